The Kier molecular flexibility index (Phi) is 6.12. The van der Waals surface area contributed by atoms with E-state index in [1.54, 1.807) is 0 Å². The number of ether oxygens (including phenoxy) is 1. The van der Waals surface area contributed by atoms with Crippen molar-refractivity contribution >= 4 is 12.0 Å². The molecule has 5 nitrogen and oxygen atoms in total. The van der Waals surface area contributed by atoms with E-state index >= 15 is 0 Å². The Morgan fingerprint density at radius 2 is 1.78 bits per heavy atom. The lowest BCUT2D eigenvalue weighted by atomic mass is 9.93. The van der Waals surface area contributed by atoms with E-state index in [-0.39, 0.29) is 24.0 Å². The van der Waals surface area contributed by atoms with Gasteiger partial charge < -0.3 is 10.1 Å². The highest BCUT2D eigenvalue weighted by atomic mass is 16.6. The minimum absolute atomic E-state index is 0.0192. The van der Waals surface area contributed by atoms with Crippen LogP contribution >= 0.6 is 0 Å². The Balaban J connectivity index is 2.64. The second-order valence-corrected chi connectivity index (χ2v) is 5.29. The molecule has 1 fully saturated rings. The van der Waals surface area contributed by atoms with Gasteiger partial charge in [0.2, 0.25) is 5.91 Å². The van der Waals surface area contributed by atoms with Gasteiger partial charge in [-0.15, -0.1) is 0 Å². The highest BCUT2D eigenvalue weighted by Gasteiger charge is 2.28. The second kappa shape index (κ2) is 7.36. The normalized spacial score (nSPS) is 25.1. The third kappa shape index (κ3) is 5.04. The van der Waals surface area contributed by atoms with Crippen LogP contribution in [0, 0.1) is 5.92 Å². The zero-order valence-electron chi connectivity index (χ0n) is 11.4. The molecular weight excluding hydrogens is 232 g/mol. The van der Waals surface area contributed by atoms with E-state index in [4.69, 9.17) is 4.74 Å². The van der Waals surface area contributed by atoms with Crippen molar-refractivity contribution in [2.45, 2.75) is 64.5 Å². The van der Waals surface area contributed by atoms with E-state index in [9.17, 15) is 9.59 Å². The Bertz CT molecular complexity index is 292. The van der Waals surface area contributed by atoms with Crippen LogP contribution in [0.4, 0.5) is 4.79 Å². The van der Waals surface area contributed by atoms with Gasteiger partial charge in [0.05, 0.1) is 6.04 Å². The van der Waals surface area contributed by atoms with Crippen molar-refractivity contribution in [2.24, 2.45) is 5.92 Å². The number of rotatable bonds is 3. The molecule has 2 unspecified atom stereocenters. The summed E-state index contributed by atoms with van der Waals surface area (Å²) in [5, 5.41) is 3.00. The number of quaternary nitrogens is 1. The van der Waals surface area contributed by atoms with E-state index in [1.807, 2.05) is 13.8 Å². The average Bonchev–Trinajstić information content (AvgIpc) is 2.26. The summed E-state index contributed by atoms with van der Waals surface area (Å²) in [5.41, 5.74) is 3.26. The summed E-state index contributed by atoms with van der Waals surface area (Å²) in [6.07, 6.45) is 5.39. The Morgan fingerprint density at radius 1 is 1.17 bits per heavy atom. The maximum absolute atomic E-state index is 11.8. The van der Waals surface area contributed by atoms with Gasteiger partial charge in [-0.3, -0.25) is 10.5 Å². The maximum atomic E-state index is 11.8. The van der Waals surface area contributed by atoms with Crippen LogP contribution in [0.2, 0.25) is 0 Å². The summed E-state index contributed by atoms with van der Waals surface area (Å²) >= 11 is 0. The fourth-order valence-electron chi connectivity index (χ4n) is 2.27. The molecule has 0 aliphatic heterocycles. The smallest absolute Gasteiger partial charge is 0.415 e. The van der Waals surface area contributed by atoms with Gasteiger partial charge in [-0.1, -0.05) is 33.1 Å². The lowest BCUT2D eigenvalue weighted by molar-refractivity contribution is -0.289. The van der Waals surface area contributed by atoms with E-state index in [0.717, 1.165) is 32.1 Å². The number of hydrogen-bond acceptors (Lipinski definition) is 3. The van der Waals surface area contributed by atoms with Crippen molar-refractivity contribution in [3.8, 4) is 0 Å². The standard InChI is InChI=1S/C13H24N2O3/c1-9(2)12(16)15-10-7-5-3-4-6-8-11(10)18-13(14)17/h9-11H,3-8H2,1-2H3,(H2,14,17)(H,15,16)/p+1. The zero-order valence-corrected chi connectivity index (χ0v) is 11.4. The Morgan fingerprint density at radius 3 is 2.33 bits per heavy atom. The molecule has 0 radical (unpaired) electrons. The van der Waals surface area contributed by atoms with Crippen LogP contribution in [-0.2, 0) is 9.53 Å². The van der Waals surface area contributed by atoms with Crippen molar-refractivity contribution in [1.29, 1.82) is 0 Å². The lowest BCUT2D eigenvalue weighted by Crippen LogP contribution is -2.60. The molecule has 2 atom stereocenters. The molecule has 0 bridgehead atoms. The fraction of sp³-hybridized carbons (Fsp3) is 0.846. The first-order valence-electron chi connectivity index (χ1n) is 6.83. The molecule has 5 heteroatoms. The van der Waals surface area contributed by atoms with Crippen LogP contribution in [0.1, 0.15) is 52.4 Å². The minimum Gasteiger partial charge on any atom is -0.415 e. The van der Waals surface area contributed by atoms with Gasteiger partial charge >= 0.3 is 6.09 Å². The molecule has 104 valence electrons. The van der Waals surface area contributed by atoms with Gasteiger partial charge in [-0.05, 0) is 19.3 Å². The summed E-state index contributed by atoms with van der Waals surface area (Å²) in [5.74, 6) is -0.0303. The summed E-state index contributed by atoms with van der Waals surface area (Å²) in [4.78, 5) is 22.8. The molecule has 0 aromatic rings. The van der Waals surface area contributed by atoms with Crippen LogP contribution in [0.3, 0.4) is 0 Å². The quantitative estimate of drug-likeness (QED) is 0.797. The van der Waals surface area contributed by atoms with Gasteiger partial charge in [-0.2, -0.15) is 4.79 Å². The molecule has 1 aliphatic rings. The van der Waals surface area contributed by atoms with Crippen LogP contribution < -0.4 is 11.1 Å². The van der Waals surface area contributed by atoms with E-state index in [2.05, 4.69) is 11.1 Å². The second-order valence-electron chi connectivity index (χ2n) is 5.29. The Labute approximate surface area is 108 Å². The first-order valence-corrected chi connectivity index (χ1v) is 6.83. The predicted molar refractivity (Wildman–Crippen MR) is 67.6 cm³/mol. The summed E-state index contributed by atoms with van der Waals surface area (Å²) in [6, 6.07) is -0.0640. The van der Waals surface area contributed by atoms with Crippen molar-refractivity contribution < 1.29 is 20.1 Å². The lowest BCUT2D eigenvalue weighted by Gasteiger charge is -2.29. The number of carbonyl (C=O) groups is 2. The van der Waals surface area contributed by atoms with Crippen LogP contribution in [0.15, 0.2) is 0 Å². The summed E-state index contributed by atoms with van der Waals surface area (Å²) in [7, 11) is 0. The third-order valence-corrected chi connectivity index (χ3v) is 3.34. The topological polar surface area (TPSA) is 83.0 Å². The highest BCUT2D eigenvalue weighted by Crippen LogP contribution is 2.20. The van der Waals surface area contributed by atoms with Gasteiger partial charge in [-0.25, -0.2) is 0 Å². The zero-order chi connectivity index (χ0) is 13.5. The van der Waals surface area contributed by atoms with E-state index < -0.39 is 6.09 Å². The molecule has 1 saturated carbocycles. The predicted octanol–water partition coefficient (Wildman–Crippen LogP) is 1.23. The minimum atomic E-state index is -0.510. The van der Waals surface area contributed by atoms with E-state index in [0.29, 0.717) is 0 Å². The third-order valence-electron chi connectivity index (χ3n) is 3.34. The maximum Gasteiger partial charge on any atom is 0.511 e. The average molecular weight is 257 g/mol. The van der Waals surface area contributed by atoms with Crippen LogP contribution in [0.5, 0.6) is 0 Å². The monoisotopic (exact) mass is 257 g/mol. The summed E-state index contributed by atoms with van der Waals surface area (Å²) < 4.78 is 5.26. The molecule has 0 spiro atoms. The van der Waals surface area contributed by atoms with Gasteiger partial charge in [0.1, 0.15) is 6.10 Å². The molecule has 1 aliphatic carbocycles. The molecule has 2 amide bonds. The molecule has 1 rings (SSSR count). The highest BCUT2D eigenvalue weighted by molar-refractivity contribution is 5.78. The van der Waals surface area contributed by atoms with Gasteiger partial charge in [0.25, 0.3) is 0 Å². The van der Waals surface area contributed by atoms with Crippen molar-refractivity contribution in [3.63, 3.8) is 0 Å². The number of carbonyl (C=O) groups excluding carboxylic acids is 2. The van der Waals surface area contributed by atoms with E-state index in [1.165, 1.54) is 6.42 Å². The number of hydrogen-bond donors (Lipinski definition) is 2. The number of nitrogens with one attached hydrogen (secondary N) is 1. The molecule has 0 saturated heterocycles. The van der Waals surface area contributed by atoms with Gasteiger partial charge in [0, 0.05) is 5.92 Å². The largest absolute Gasteiger partial charge is 0.511 e. The molecule has 4 N–H and O–H groups in total. The van der Waals surface area contributed by atoms with Crippen LogP contribution in [0.25, 0.3) is 0 Å². The van der Waals surface area contributed by atoms with Crippen molar-refractivity contribution in [3.05, 3.63) is 0 Å². The molecule has 0 aromatic carbocycles. The molecule has 18 heavy (non-hydrogen) atoms. The van der Waals surface area contributed by atoms with Crippen molar-refractivity contribution in [2.75, 3.05) is 0 Å². The van der Waals surface area contributed by atoms with Gasteiger partial charge in [0.15, 0.2) is 0 Å². The fourth-order valence-corrected chi connectivity index (χ4v) is 2.27. The molecule has 0 heterocycles. The first-order chi connectivity index (χ1) is 8.50. The Hall–Kier alpha value is -1.10. The van der Waals surface area contributed by atoms with Crippen molar-refractivity contribution in [1.82, 2.24) is 5.32 Å². The first kappa shape index (κ1) is 15.0. The van der Waals surface area contributed by atoms with Crippen LogP contribution in [-0.4, -0.2) is 24.1 Å². The number of amides is 2. The SMILES string of the molecule is CC(C)C(=O)NC1CCCCCCC1OC([NH3+])=O. The molecule has 0 aromatic heterocycles. The molecular formula is C13H25N2O3+. The summed E-state index contributed by atoms with van der Waals surface area (Å²) in [6.45, 7) is 3.72.